The fraction of sp³-hybridized carbons (Fsp3) is 0.381. The predicted molar refractivity (Wildman–Crippen MR) is 115 cm³/mol. The first-order valence-electron chi connectivity index (χ1n) is 9.40. The summed E-state index contributed by atoms with van der Waals surface area (Å²) in [6, 6.07) is 12.3. The largest absolute Gasteiger partial charge is 0.494 e. The van der Waals surface area contributed by atoms with Crippen LogP contribution in [-0.2, 0) is 11.3 Å². The first kappa shape index (κ1) is 20.8. The maximum Gasteiger partial charge on any atom is 0.173 e. The van der Waals surface area contributed by atoms with Gasteiger partial charge in [0.25, 0.3) is 0 Å². The van der Waals surface area contributed by atoms with Crippen LogP contribution in [0.5, 0.6) is 5.75 Å². The van der Waals surface area contributed by atoms with Crippen molar-refractivity contribution in [3.63, 3.8) is 0 Å². The number of anilines is 1. The topological polar surface area (TPSA) is 33.7 Å². The zero-order valence-electron chi connectivity index (χ0n) is 15.8. The maximum absolute atomic E-state index is 14.3. The minimum atomic E-state index is -0.339. The van der Waals surface area contributed by atoms with Gasteiger partial charge in [-0.25, -0.2) is 4.39 Å². The van der Waals surface area contributed by atoms with Gasteiger partial charge in [0.2, 0.25) is 0 Å². The molecule has 0 saturated carbocycles. The van der Waals surface area contributed by atoms with Crippen LogP contribution in [0.2, 0.25) is 5.02 Å². The molecule has 0 amide bonds. The molecule has 1 fully saturated rings. The van der Waals surface area contributed by atoms with Gasteiger partial charge in [0.1, 0.15) is 11.6 Å². The first-order valence-corrected chi connectivity index (χ1v) is 10.2. The summed E-state index contributed by atoms with van der Waals surface area (Å²) in [5.74, 6) is 0.460. The SMILES string of the molecule is CCOc1ccc(NC(=S)N(Cc2c(F)cccc2Cl)CC2CCCO2)cc1. The van der Waals surface area contributed by atoms with E-state index < -0.39 is 0 Å². The van der Waals surface area contributed by atoms with Crippen molar-refractivity contribution in [2.45, 2.75) is 32.4 Å². The molecular weight excluding hydrogens is 399 g/mol. The third kappa shape index (κ3) is 5.56. The Balaban J connectivity index is 1.74. The van der Waals surface area contributed by atoms with Gasteiger partial charge in [-0.2, -0.15) is 0 Å². The molecule has 28 heavy (non-hydrogen) atoms. The zero-order valence-corrected chi connectivity index (χ0v) is 17.4. The molecule has 0 aromatic heterocycles. The van der Waals surface area contributed by atoms with E-state index in [-0.39, 0.29) is 18.5 Å². The molecule has 1 atom stereocenters. The quantitative estimate of drug-likeness (QED) is 0.616. The number of nitrogens with zero attached hydrogens (tertiary/aromatic N) is 1. The highest BCUT2D eigenvalue weighted by Gasteiger charge is 2.23. The highest BCUT2D eigenvalue weighted by Crippen LogP contribution is 2.23. The van der Waals surface area contributed by atoms with E-state index in [0.717, 1.165) is 30.9 Å². The highest BCUT2D eigenvalue weighted by atomic mass is 35.5. The standard InChI is InChI=1S/C21H24ClFN2O2S/c1-2-26-16-10-8-15(9-11-16)24-21(28)25(13-17-5-4-12-27-17)14-18-19(22)6-3-7-20(18)23/h3,6-11,17H,2,4-5,12-14H2,1H3,(H,24,28). The van der Waals surface area contributed by atoms with Gasteiger partial charge in [0, 0.05) is 36.0 Å². The van der Waals surface area contributed by atoms with E-state index in [4.69, 9.17) is 33.3 Å². The average molecular weight is 423 g/mol. The summed E-state index contributed by atoms with van der Waals surface area (Å²) < 4.78 is 25.5. The van der Waals surface area contributed by atoms with Crippen molar-refractivity contribution in [1.29, 1.82) is 0 Å². The van der Waals surface area contributed by atoms with E-state index in [2.05, 4.69) is 5.32 Å². The molecule has 1 heterocycles. The number of halogens is 2. The van der Waals surface area contributed by atoms with Gasteiger partial charge in [-0.05, 0) is 68.4 Å². The molecule has 2 aromatic rings. The van der Waals surface area contributed by atoms with Crippen LogP contribution in [0.15, 0.2) is 42.5 Å². The molecular formula is C21H24ClFN2O2S. The lowest BCUT2D eigenvalue weighted by atomic mass is 10.1. The molecule has 1 N–H and O–H groups in total. The van der Waals surface area contributed by atoms with Crippen molar-refractivity contribution >= 4 is 34.6 Å². The second-order valence-electron chi connectivity index (χ2n) is 6.60. The Kier molecular flexibility index (Phi) is 7.48. The van der Waals surface area contributed by atoms with E-state index in [1.54, 1.807) is 12.1 Å². The molecule has 3 rings (SSSR count). The lowest BCUT2D eigenvalue weighted by Crippen LogP contribution is -2.39. The molecule has 1 saturated heterocycles. The van der Waals surface area contributed by atoms with Crippen LogP contribution >= 0.6 is 23.8 Å². The summed E-state index contributed by atoms with van der Waals surface area (Å²) in [7, 11) is 0. The molecule has 2 aromatic carbocycles. The first-order chi connectivity index (χ1) is 13.6. The summed E-state index contributed by atoms with van der Waals surface area (Å²) in [6.07, 6.45) is 2.07. The Bertz CT molecular complexity index is 777. The smallest absolute Gasteiger partial charge is 0.173 e. The molecule has 4 nitrogen and oxygen atoms in total. The van der Waals surface area contributed by atoms with E-state index in [0.29, 0.717) is 28.9 Å². The summed E-state index contributed by atoms with van der Waals surface area (Å²) >= 11 is 11.9. The zero-order chi connectivity index (χ0) is 19.9. The fourth-order valence-corrected chi connectivity index (χ4v) is 3.61. The van der Waals surface area contributed by atoms with E-state index in [9.17, 15) is 4.39 Å². The third-order valence-electron chi connectivity index (χ3n) is 4.56. The predicted octanol–water partition coefficient (Wildman–Crippen LogP) is 5.26. The Morgan fingerprint density at radius 1 is 1.32 bits per heavy atom. The summed E-state index contributed by atoms with van der Waals surface area (Å²) in [4.78, 5) is 1.91. The molecule has 1 unspecified atom stereocenters. The molecule has 7 heteroatoms. The van der Waals surface area contributed by atoms with Crippen LogP contribution in [-0.4, -0.2) is 35.9 Å². The van der Waals surface area contributed by atoms with Gasteiger partial charge in [-0.15, -0.1) is 0 Å². The van der Waals surface area contributed by atoms with Gasteiger partial charge in [-0.1, -0.05) is 17.7 Å². The second-order valence-corrected chi connectivity index (χ2v) is 7.40. The average Bonchev–Trinajstić information content (AvgIpc) is 3.19. The van der Waals surface area contributed by atoms with E-state index >= 15 is 0 Å². The van der Waals surface area contributed by atoms with Gasteiger partial charge >= 0.3 is 0 Å². The Hall–Kier alpha value is -1.89. The fourth-order valence-electron chi connectivity index (χ4n) is 3.13. The molecule has 1 aliphatic rings. The highest BCUT2D eigenvalue weighted by molar-refractivity contribution is 7.80. The minimum absolute atomic E-state index is 0.0747. The van der Waals surface area contributed by atoms with E-state index in [1.165, 1.54) is 6.07 Å². The number of thiocarbonyl (C=S) groups is 1. The normalized spacial score (nSPS) is 16.0. The molecule has 0 aliphatic carbocycles. The van der Waals surface area contributed by atoms with Crippen LogP contribution in [0.1, 0.15) is 25.3 Å². The Labute approximate surface area is 175 Å². The van der Waals surface area contributed by atoms with Gasteiger partial charge < -0.3 is 19.7 Å². The summed E-state index contributed by atoms with van der Waals surface area (Å²) in [6.45, 7) is 4.15. The van der Waals surface area contributed by atoms with Crippen molar-refractivity contribution in [3.8, 4) is 5.75 Å². The monoisotopic (exact) mass is 422 g/mol. The second kappa shape index (κ2) is 10.0. The van der Waals surface area contributed by atoms with Gasteiger partial charge in [0.15, 0.2) is 5.11 Å². The molecule has 150 valence electrons. The van der Waals surface area contributed by atoms with Gasteiger partial charge in [0.05, 0.1) is 12.7 Å². The van der Waals surface area contributed by atoms with E-state index in [1.807, 2.05) is 36.1 Å². The minimum Gasteiger partial charge on any atom is -0.494 e. The number of benzene rings is 2. The van der Waals surface area contributed by atoms with Crippen molar-refractivity contribution in [1.82, 2.24) is 4.90 Å². The van der Waals surface area contributed by atoms with Crippen molar-refractivity contribution < 1.29 is 13.9 Å². The number of hydrogen-bond acceptors (Lipinski definition) is 3. The third-order valence-corrected chi connectivity index (χ3v) is 5.28. The van der Waals surface area contributed by atoms with Crippen LogP contribution in [0.3, 0.4) is 0 Å². The molecule has 0 spiro atoms. The van der Waals surface area contributed by atoms with Crippen molar-refractivity contribution in [2.24, 2.45) is 0 Å². The molecule has 0 bridgehead atoms. The number of rotatable bonds is 7. The van der Waals surface area contributed by atoms with Crippen LogP contribution in [0, 0.1) is 5.82 Å². The number of ether oxygens (including phenoxy) is 2. The lowest BCUT2D eigenvalue weighted by Gasteiger charge is -2.29. The molecule has 1 aliphatic heterocycles. The van der Waals surface area contributed by atoms with Gasteiger partial charge in [-0.3, -0.25) is 0 Å². The summed E-state index contributed by atoms with van der Waals surface area (Å²) in [5.41, 5.74) is 1.27. The number of hydrogen-bond donors (Lipinski definition) is 1. The molecule has 0 radical (unpaired) electrons. The summed E-state index contributed by atoms with van der Waals surface area (Å²) in [5, 5.41) is 4.11. The van der Waals surface area contributed by atoms with Crippen LogP contribution < -0.4 is 10.1 Å². The van der Waals surface area contributed by atoms with Crippen LogP contribution in [0.25, 0.3) is 0 Å². The number of nitrogens with one attached hydrogen (secondary N) is 1. The Morgan fingerprint density at radius 3 is 2.75 bits per heavy atom. The van der Waals surface area contributed by atoms with Crippen molar-refractivity contribution in [2.75, 3.05) is 25.1 Å². The maximum atomic E-state index is 14.3. The van der Waals surface area contributed by atoms with Crippen molar-refractivity contribution in [3.05, 3.63) is 58.9 Å². The lowest BCUT2D eigenvalue weighted by molar-refractivity contribution is 0.0903. The van der Waals surface area contributed by atoms with Crippen LogP contribution in [0.4, 0.5) is 10.1 Å². The Morgan fingerprint density at radius 2 is 2.11 bits per heavy atom.